The van der Waals surface area contributed by atoms with Gasteiger partial charge in [0, 0.05) is 12.0 Å². The molecule has 0 aromatic heterocycles. The average molecular weight is 291 g/mol. The van der Waals surface area contributed by atoms with Crippen molar-refractivity contribution in [2.75, 3.05) is 19.6 Å². The van der Waals surface area contributed by atoms with E-state index in [9.17, 15) is 5.11 Å². The van der Waals surface area contributed by atoms with E-state index in [4.69, 9.17) is 0 Å². The first-order chi connectivity index (χ1) is 10.0. The summed E-state index contributed by atoms with van der Waals surface area (Å²) in [5, 5.41) is 10.7. The maximum atomic E-state index is 10.7. The lowest BCUT2D eigenvalue weighted by molar-refractivity contribution is 0.0195. The van der Waals surface area contributed by atoms with Gasteiger partial charge >= 0.3 is 0 Å². The van der Waals surface area contributed by atoms with E-state index < -0.39 is 6.10 Å². The summed E-state index contributed by atoms with van der Waals surface area (Å²) in [4.78, 5) is 2.53. The Hall–Kier alpha value is -0.860. The molecule has 0 heterocycles. The third kappa shape index (κ3) is 6.19. The number of nitrogens with zero attached hydrogens (tertiary/aromatic N) is 1. The van der Waals surface area contributed by atoms with Crippen molar-refractivity contribution in [3.63, 3.8) is 0 Å². The summed E-state index contributed by atoms with van der Waals surface area (Å²) in [7, 11) is 0. The maximum absolute atomic E-state index is 10.7. The monoisotopic (exact) mass is 291 g/mol. The summed E-state index contributed by atoms with van der Waals surface area (Å²) in [5.41, 5.74) is 0.886. The Balaban J connectivity index is 2.69. The SMILES string of the molecule is CCCCN(CCCC)CC(C)(C)C(O)c1ccccc1. The Kier molecular flexibility index (Phi) is 7.98. The standard InChI is InChI=1S/C19H33NO/c1-5-7-14-20(15-8-6-2)16-19(3,4)18(21)17-12-10-9-11-13-17/h9-13,18,21H,5-8,14-16H2,1-4H3. The fourth-order valence-corrected chi connectivity index (χ4v) is 2.78. The van der Waals surface area contributed by atoms with E-state index in [1.807, 2.05) is 30.3 Å². The molecule has 1 rings (SSSR count). The molecule has 0 aliphatic rings. The van der Waals surface area contributed by atoms with Gasteiger partial charge in [-0.25, -0.2) is 0 Å². The fraction of sp³-hybridized carbons (Fsp3) is 0.684. The number of aliphatic hydroxyl groups is 1. The lowest BCUT2D eigenvalue weighted by Crippen LogP contribution is -2.39. The van der Waals surface area contributed by atoms with E-state index in [1.54, 1.807) is 0 Å². The molecule has 2 nitrogen and oxygen atoms in total. The van der Waals surface area contributed by atoms with Crippen LogP contribution in [0.4, 0.5) is 0 Å². The van der Waals surface area contributed by atoms with E-state index in [2.05, 4.69) is 32.6 Å². The first kappa shape index (κ1) is 18.2. The molecule has 1 unspecified atom stereocenters. The Bertz CT molecular complexity index is 366. The quantitative estimate of drug-likeness (QED) is 0.678. The first-order valence-corrected chi connectivity index (χ1v) is 8.46. The average Bonchev–Trinajstić information content (AvgIpc) is 2.49. The van der Waals surface area contributed by atoms with E-state index in [0.717, 1.165) is 25.2 Å². The molecule has 0 aliphatic heterocycles. The van der Waals surface area contributed by atoms with Crippen LogP contribution in [0.5, 0.6) is 0 Å². The molecule has 0 spiro atoms. The van der Waals surface area contributed by atoms with Crippen molar-refractivity contribution in [3.05, 3.63) is 35.9 Å². The number of benzene rings is 1. The summed E-state index contributed by atoms with van der Waals surface area (Å²) in [6.45, 7) is 12.1. The highest BCUT2D eigenvalue weighted by molar-refractivity contribution is 5.19. The van der Waals surface area contributed by atoms with Crippen LogP contribution in [0, 0.1) is 5.41 Å². The van der Waals surface area contributed by atoms with Crippen LogP contribution >= 0.6 is 0 Å². The third-order valence-corrected chi connectivity index (χ3v) is 4.14. The number of hydrogen-bond donors (Lipinski definition) is 1. The summed E-state index contributed by atoms with van der Waals surface area (Å²) in [5.74, 6) is 0. The zero-order valence-electron chi connectivity index (χ0n) is 14.3. The van der Waals surface area contributed by atoms with Gasteiger partial charge in [0.15, 0.2) is 0 Å². The number of unbranched alkanes of at least 4 members (excludes halogenated alkanes) is 2. The molecular formula is C19H33NO. The van der Waals surface area contributed by atoms with Gasteiger partial charge in [-0.2, -0.15) is 0 Å². The van der Waals surface area contributed by atoms with Gasteiger partial charge in [0.05, 0.1) is 6.10 Å². The molecule has 0 radical (unpaired) electrons. The first-order valence-electron chi connectivity index (χ1n) is 8.46. The Morgan fingerprint density at radius 2 is 1.52 bits per heavy atom. The van der Waals surface area contributed by atoms with Crippen LogP contribution < -0.4 is 0 Å². The van der Waals surface area contributed by atoms with Gasteiger partial charge in [-0.05, 0) is 31.5 Å². The van der Waals surface area contributed by atoms with Crippen molar-refractivity contribution in [2.45, 2.75) is 59.5 Å². The second kappa shape index (κ2) is 9.22. The Morgan fingerprint density at radius 1 is 1.00 bits per heavy atom. The summed E-state index contributed by atoms with van der Waals surface area (Å²) in [6.07, 6.45) is 4.52. The highest BCUT2D eigenvalue weighted by Gasteiger charge is 2.30. The molecule has 0 saturated heterocycles. The van der Waals surface area contributed by atoms with Crippen molar-refractivity contribution in [2.24, 2.45) is 5.41 Å². The van der Waals surface area contributed by atoms with E-state index in [0.29, 0.717) is 0 Å². The van der Waals surface area contributed by atoms with Crippen LogP contribution in [0.2, 0.25) is 0 Å². The fourth-order valence-electron chi connectivity index (χ4n) is 2.78. The molecule has 0 saturated carbocycles. The van der Waals surface area contributed by atoms with Gasteiger partial charge in [-0.3, -0.25) is 0 Å². The smallest absolute Gasteiger partial charge is 0.0853 e. The van der Waals surface area contributed by atoms with Gasteiger partial charge in [0.25, 0.3) is 0 Å². The van der Waals surface area contributed by atoms with Crippen molar-refractivity contribution < 1.29 is 5.11 Å². The van der Waals surface area contributed by atoms with Crippen LogP contribution in [0.1, 0.15) is 65.0 Å². The summed E-state index contributed by atoms with van der Waals surface area (Å²) < 4.78 is 0. The van der Waals surface area contributed by atoms with Crippen LogP contribution in [-0.4, -0.2) is 29.6 Å². The van der Waals surface area contributed by atoms with E-state index in [-0.39, 0.29) is 5.41 Å². The summed E-state index contributed by atoms with van der Waals surface area (Å²) in [6, 6.07) is 10.0. The van der Waals surface area contributed by atoms with Crippen molar-refractivity contribution in [1.82, 2.24) is 4.90 Å². The molecule has 0 fully saturated rings. The predicted octanol–water partition coefficient (Wildman–Crippen LogP) is 4.65. The highest BCUT2D eigenvalue weighted by atomic mass is 16.3. The zero-order valence-corrected chi connectivity index (χ0v) is 14.3. The predicted molar refractivity (Wildman–Crippen MR) is 91.4 cm³/mol. The van der Waals surface area contributed by atoms with Gasteiger partial charge in [-0.1, -0.05) is 70.9 Å². The molecular weight excluding hydrogens is 258 g/mol. The van der Waals surface area contributed by atoms with E-state index >= 15 is 0 Å². The topological polar surface area (TPSA) is 23.5 Å². The summed E-state index contributed by atoms with van der Waals surface area (Å²) >= 11 is 0. The van der Waals surface area contributed by atoms with Gasteiger partial charge < -0.3 is 10.0 Å². The van der Waals surface area contributed by atoms with Crippen LogP contribution in [0.15, 0.2) is 30.3 Å². The largest absolute Gasteiger partial charge is 0.388 e. The van der Waals surface area contributed by atoms with Crippen molar-refractivity contribution in [1.29, 1.82) is 0 Å². The Labute approximate surface area is 131 Å². The molecule has 2 heteroatoms. The normalized spacial score (nSPS) is 13.6. The van der Waals surface area contributed by atoms with Crippen molar-refractivity contribution >= 4 is 0 Å². The minimum absolute atomic E-state index is 0.136. The number of hydrogen-bond acceptors (Lipinski definition) is 2. The lowest BCUT2D eigenvalue weighted by atomic mass is 9.82. The molecule has 120 valence electrons. The lowest BCUT2D eigenvalue weighted by Gasteiger charge is -2.36. The second-order valence-electron chi connectivity index (χ2n) is 6.79. The molecule has 21 heavy (non-hydrogen) atoms. The molecule has 1 aromatic carbocycles. The highest BCUT2D eigenvalue weighted by Crippen LogP contribution is 2.34. The van der Waals surface area contributed by atoms with Crippen LogP contribution in [-0.2, 0) is 0 Å². The third-order valence-electron chi connectivity index (χ3n) is 4.14. The molecule has 0 bridgehead atoms. The van der Waals surface area contributed by atoms with Crippen LogP contribution in [0.3, 0.4) is 0 Å². The van der Waals surface area contributed by atoms with Crippen LogP contribution in [0.25, 0.3) is 0 Å². The number of aliphatic hydroxyl groups excluding tert-OH is 1. The molecule has 1 N–H and O–H groups in total. The van der Waals surface area contributed by atoms with Gasteiger partial charge in [-0.15, -0.1) is 0 Å². The molecule has 0 aliphatic carbocycles. The minimum atomic E-state index is -0.413. The maximum Gasteiger partial charge on any atom is 0.0853 e. The Morgan fingerprint density at radius 3 is 2.00 bits per heavy atom. The molecule has 1 atom stereocenters. The molecule has 1 aromatic rings. The van der Waals surface area contributed by atoms with Crippen molar-refractivity contribution in [3.8, 4) is 0 Å². The van der Waals surface area contributed by atoms with E-state index in [1.165, 1.54) is 25.7 Å². The zero-order chi connectivity index (χ0) is 15.7. The van der Waals surface area contributed by atoms with Gasteiger partial charge in [0.1, 0.15) is 0 Å². The second-order valence-corrected chi connectivity index (χ2v) is 6.79. The number of rotatable bonds is 10. The van der Waals surface area contributed by atoms with Gasteiger partial charge in [0.2, 0.25) is 0 Å². The molecule has 0 amide bonds. The minimum Gasteiger partial charge on any atom is -0.388 e.